The van der Waals surface area contributed by atoms with Crippen LogP contribution in [-0.4, -0.2) is 25.1 Å². The summed E-state index contributed by atoms with van der Waals surface area (Å²) in [5, 5.41) is 5.80. The van der Waals surface area contributed by atoms with Crippen LogP contribution >= 0.6 is 0 Å². The molecule has 0 radical (unpaired) electrons. The fourth-order valence-electron chi connectivity index (χ4n) is 2.80. The van der Waals surface area contributed by atoms with E-state index in [-0.39, 0.29) is 0 Å². The highest BCUT2D eigenvalue weighted by Gasteiger charge is 2.24. The number of hydrogen-bond donors (Lipinski definition) is 1. The van der Waals surface area contributed by atoms with Crippen LogP contribution < -0.4 is 10.2 Å². The quantitative estimate of drug-likeness (QED) is 0.910. The van der Waals surface area contributed by atoms with Crippen molar-refractivity contribution >= 4 is 16.6 Å². The average molecular weight is 255 g/mol. The van der Waals surface area contributed by atoms with Gasteiger partial charge in [-0.15, -0.1) is 0 Å². The summed E-state index contributed by atoms with van der Waals surface area (Å²) in [6, 6.07) is 9.26. The number of fused-ring (bicyclic) bond motifs is 1. The predicted molar refractivity (Wildman–Crippen MR) is 80.5 cm³/mol. The van der Waals surface area contributed by atoms with Gasteiger partial charge < -0.3 is 10.2 Å². The zero-order chi connectivity index (χ0) is 13.2. The lowest BCUT2D eigenvalue weighted by molar-refractivity contribution is 0.400. The summed E-state index contributed by atoms with van der Waals surface area (Å²) < 4.78 is 0. The molecule has 1 fully saturated rings. The highest BCUT2D eigenvalue weighted by molar-refractivity contribution is 5.94. The lowest BCUT2D eigenvalue weighted by atomic mass is 9.91. The number of pyridine rings is 1. The van der Waals surface area contributed by atoms with Crippen molar-refractivity contribution in [3.63, 3.8) is 0 Å². The minimum atomic E-state index is 0.672. The second-order valence-electron chi connectivity index (χ2n) is 5.38. The van der Waals surface area contributed by atoms with E-state index in [0.717, 1.165) is 12.4 Å². The van der Waals surface area contributed by atoms with E-state index in [9.17, 15) is 0 Å². The maximum Gasteiger partial charge on any atom is 0.136 e. The van der Waals surface area contributed by atoms with Gasteiger partial charge in [-0.2, -0.15) is 0 Å². The molecule has 0 aliphatic heterocycles. The third-order valence-corrected chi connectivity index (χ3v) is 4.18. The number of anilines is 1. The van der Waals surface area contributed by atoms with Crippen molar-refractivity contribution in [1.82, 2.24) is 10.3 Å². The van der Waals surface area contributed by atoms with Crippen molar-refractivity contribution < 1.29 is 0 Å². The number of nitrogens with zero attached hydrogens (tertiary/aromatic N) is 2. The van der Waals surface area contributed by atoms with Crippen LogP contribution in [0, 0.1) is 0 Å². The first-order valence-corrected chi connectivity index (χ1v) is 7.05. The van der Waals surface area contributed by atoms with E-state index >= 15 is 0 Å². The maximum atomic E-state index is 4.71. The summed E-state index contributed by atoms with van der Waals surface area (Å²) in [6.07, 6.45) is 5.96. The zero-order valence-electron chi connectivity index (χ0n) is 11.7. The molecule has 1 N–H and O–H groups in total. The van der Waals surface area contributed by atoms with Gasteiger partial charge in [0.2, 0.25) is 0 Å². The Morgan fingerprint density at radius 1 is 1.26 bits per heavy atom. The van der Waals surface area contributed by atoms with E-state index in [1.165, 1.54) is 35.6 Å². The van der Waals surface area contributed by atoms with Crippen molar-refractivity contribution in [2.45, 2.75) is 31.8 Å². The summed E-state index contributed by atoms with van der Waals surface area (Å²) >= 11 is 0. The Labute approximate surface area is 114 Å². The average Bonchev–Trinajstić information content (AvgIpc) is 2.37. The number of aromatic nitrogens is 1. The number of rotatable bonds is 4. The van der Waals surface area contributed by atoms with Crippen LogP contribution in [0.25, 0.3) is 10.8 Å². The zero-order valence-corrected chi connectivity index (χ0v) is 11.7. The second-order valence-corrected chi connectivity index (χ2v) is 5.38. The van der Waals surface area contributed by atoms with E-state index in [4.69, 9.17) is 4.98 Å². The molecule has 2 aromatic rings. The minimum absolute atomic E-state index is 0.672. The highest BCUT2D eigenvalue weighted by atomic mass is 15.2. The maximum absolute atomic E-state index is 4.71. The Morgan fingerprint density at radius 2 is 2.00 bits per heavy atom. The molecule has 1 aromatic carbocycles. The van der Waals surface area contributed by atoms with Crippen LogP contribution in [0.4, 0.5) is 5.82 Å². The molecule has 0 atom stereocenters. The van der Waals surface area contributed by atoms with Crippen LogP contribution in [0.2, 0.25) is 0 Å². The van der Waals surface area contributed by atoms with Gasteiger partial charge in [0.1, 0.15) is 5.82 Å². The van der Waals surface area contributed by atoms with Gasteiger partial charge >= 0.3 is 0 Å². The molecule has 1 saturated carbocycles. The normalized spacial score (nSPS) is 15.5. The van der Waals surface area contributed by atoms with Crippen molar-refractivity contribution in [2.24, 2.45) is 0 Å². The monoisotopic (exact) mass is 255 g/mol. The van der Waals surface area contributed by atoms with E-state index in [2.05, 4.69) is 41.5 Å². The molecule has 19 heavy (non-hydrogen) atoms. The first-order valence-electron chi connectivity index (χ1n) is 7.05. The van der Waals surface area contributed by atoms with E-state index in [1.807, 2.05) is 13.2 Å². The van der Waals surface area contributed by atoms with Gasteiger partial charge in [0.15, 0.2) is 0 Å². The Balaban J connectivity index is 2.07. The van der Waals surface area contributed by atoms with Crippen LogP contribution in [0.1, 0.15) is 24.8 Å². The Morgan fingerprint density at radius 3 is 2.63 bits per heavy atom. The second kappa shape index (κ2) is 5.17. The first kappa shape index (κ1) is 12.4. The molecule has 1 aliphatic rings. The topological polar surface area (TPSA) is 28.2 Å². The smallest absolute Gasteiger partial charge is 0.136 e. The van der Waals surface area contributed by atoms with E-state index < -0.39 is 0 Å². The standard InChI is InChI=1S/C16H21N3/c1-17-10-12-11-18-16(19(2)13-6-5-7-13)15-9-4-3-8-14(12)15/h3-4,8-9,11,13,17H,5-7,10H2,1-2H3. The van der Waals surface area contributed by atoms with Crippen LogP contribution in [0.5, 0.6) is 0 Å². The van der Waals surface area contributed by atoms with Gasteiger partial charge in [-0.1, -0.05) is 24.3 Å². The molecule has 100 valence electrons. The van der Waals surface area contributed by atoms with Gasteiger partial charge in [0.05, 0.1) is 0 Å². The SMILES string of the molecule is CNCc1cnc(N(C)C2CCC2)c2ccccc12. The van der Waals surface area contributed by atoms with Gasteiger partial charge in [0.25, 0.3) is 0 Å². The van der Waals surface area contributed by atoms with Crippen molar-refractivity contribution in [3.05, 3.63) is 36.0 Å². The molecule has 1 aromatic heterocycles. The highest BCUT2D eigenvalue weighted by Crippen LogP contribution is 2.32. The summed E-state index contributed by atoms with van der Waals surface area (Å²) in [4.78, 5) is 7.07. The van der Waals surface area contributed by atoms with Crippen molar-refractivity contribution in [3.8, 4) is 0 Å². The number of hydrogen-bond acceptors (Lipinski definition) is 3. The minimum Gasteiger partial charge on any atom is -0.356 e. The lowest BCUT2D eigenvalue weighted by Gasteiger charge is -2.36. The predicted octanol–water partition coefficient (Wildman–Crippen LogP) is 2.94. The molecule has 1 aliphatic carbocycles. The molecule has 3 rings (SSSR count). The van der Waals surface area contributed by atoms with Crippen molar-refractivity contribution in [1.29, 1.82) is 0 Å². The Hall–Kier alpha value is -1.61. The van der Waals surface area contributed by atoms with E-state index in [1.54, 1.807) is 0 Å². The first-order chi connectivity index (χ1) is 9.31. The fourth-order valence-corrected chi connectivity index (χ4v) is 2.80. The summed E-state index contributed by atoms with van der Waals surface area (Å²) in [7, 11) is 4.15. The largest absolute Gasteiger partial charge is 0.356 e. The van der Waals surface area contributed by atoms with Gasteiger partial charge in [0, 0.05) is 31.2 Å². The summed E-state index contributed by atoms with van der Waals surface area (Å²) in [5.41, 5.74) is 1.27. The number of benzene rings is 1. The third kappa shape index (κ3) is 2.19. The summed E-state index contributed by atoms with van der Waals surface area (Å²) in [6.45, 7) is 0.862. The van der Waals surface area contributed by atoms with Gasteiger partial charge in [-0.25, -0.2) is 4.98 Å². The molecule has 1 heterocycles. The number of nitrogens with one attached hydrogen (secondary N) is 1. The van der Waals surface area contributed by atoms with Crippen molar-refractivity contribution in [2.75, 3.05) is 19.0 Å². The molecule has 0 amide bonds. The molecule has 3 heteroatoms. The Bertz CT molecular complexity index is 575. The molecular weight excluding hydrogens is 234 g/mol. The molecule has 3 nitrogen and oxygen atoms in total. The molecular formula is C16H21N3. The molecule has 0 spiro atoms. The lowest BCUT2D eigenvalue weighted by Crippen LogP contribution is -2.37. The molecule has 0 unspecified atom stereocenters. The van der Waals surface area contributed by atoms with Crippen LogP contribution in [-0.2, 0) is 6.54 Å². The summed E-state index contributed by atoms with van der Waals surface area (Å²) in [5.74, 6) is 1.13. The Kier molecular flexibility index (Phi) is 3.38. The molecule has 0 bridgehead atoms. The fraction of sp³-hybridized carbons (Fsp3) is 0.438. The third-order valence-electron chi connectivity index (χ3n) is 4.18. The van der Waals surface area contributed by atoms with Crippen LogP contribution in [0.3, 0.4) is 0 Å². The van der Waals surface area contributed by atoms with E-state index in [0.29, 0.717) is 6.04 Å². The van der Waals surface area contributed by atoms with Gasteiger partial charge in [-0.05, 0) is 37.3 Å². The van der Waals surface area contributed by atoms with Crippen LogP contribution in [0.15, 0.2) is 30.5 Å². The molecule has 0 saturated heterocycles. The van der Waals surface area contributed by atoms with Gasteiger partial charge in [-0.3, -0.25) is 0 Å².